The molecular formula is C14H20N2O2. The molecule has 0 bridgehead atoms. The van der Waals surface area contributed by atoms with Crippen molar-refractivity contribution in [3.63, 3.8) is 0 Å². The summed E-state index contributed by atoms with van der Waals surface area (Å²) in [5.74, 6) is 0.0351. The Morgan fingerprint density at radius 2 is 2.11 bits per heavy atom. The van der Waals surface area contributed by atoms with Gasteiger partial charge in [0.1, 0.15) is 6.61 Å². The quantitative estimate of drug-likeness (QED) is 0.813. The predicted molar refractivity (Wildman–Crippen MR) is 73.0 cm³/mol. The third-order valence-electron chi connectivity index (χ3n) is 3.02. The van der Waals surface area contributed by atoms with Crippen molar-refractivity contribution in [1.82, 2.24) is 0 Å². The number of nitrogens with one attached hydrogen (secondary N) is 1. The lowest BCUT2D eigenvalue weighted by Gasteiger charge is -2.27. The molecule has 0 atom stereocenters. The highest BCUT2D eigenvalue weighted by Crippen LogP contribution is 2.19. The summed E-state index contributed by atoms with van der Waals surface area (Å²) in [4.78, 5) is 13.5. The number of amides is 1. The fourth-order valence-electron chi connectivity index (χ4n) is 1.96. The minimum atomic E-state index is 0.0351. The SMILES string of the molecule is CCCCNc1ccc(N2CCOCC2=O)cc1. The predicted octanol–water partition coefficient (Wildman–Crippen LogP) is 2.26. The smallest absolute Gasteiger partial charge is 0.253 e. The van der Waals surface area contributed by atoms with E-state index in [2.05, 4.69) is 12.2 Å². The summed E-state index contributed by atoms with van der Waals surface area (Å²) in [5.41, 5.74) is 2.05. The van der Waals surface area contributed by atoms with E-state index in [4.69, 9.17) is 4.74 Å². The van der Waals surface area contributed by atoms with Crippen LogP contribution in [0, 0.1) is 0 Å². The Balaban J connectivity index is 1.96. The molecule has 98 valence electrons. The van der Waals surface area contributed by atoms with Gasteiger partial charge in [-0.2, -0.15) is 0 Å². The summed E-state index contributed by atoms with van der Waals surface area (Å²) in [7, 11) is 0. The summed E-state index contributed by atoms with van der Waals surface area (Å²) in [6.45, 7) is 4.61. The van der Waals surface area contributed by atoms with Gasteiger partial charge in [0.2, 0.25) is 0 Å². The van der Waals surface area contributed by atoms with E-state index < -0.39 is 0 Å². The van der Waals surface area contributed by atoms with E-state index in [-0.39, 0.29) is 12.5 Å². The van der Waals surface area contributed by atoms with Crippen molar-refractivity contribution in [3.8, 4) is 0 Å². The summed E-state index contributed by atoms with van der Waals surface area (Å²) in [5, 5.41) is 3.36. The fourth-order valence-corrected chi connectivity index (χ4v) is 1.96. The van der Waals surface area contributed by atoms with Crippen LogP contribution in [0.25, 0.3) is 0 Å². The second-order valence-corrected chi connectivity index (χ2v) is 4.43. The fraction of sp³-hybridized carbons (Fsp3) is 0.500. The molecule has 1 amide bonds. The number of morpholine rings is 1. The molecule has 2 rings (SSSR count). The molecule has 0 spiro atoms. The lowest BCUT2D eigenvalue weighted by Crippen LogP contribution is -2.41. The molecule has 1 aromatic rings. The molecule has 1 aliphatic heterocycles. The number of carbonyl (C=O) groups is 1. The molecule has 1 aliphatic rings. The van der Waals surface area contributed by atoms with Crippen LogP contribution in [0.3, 0.4) is 0 Å². The number of rotatable bonds is 5. The van der Waals surface area contributed by atoms with Gasteiger partial charge in [-0.3, -0.25) is 4.79 Å². The van der Waals surface area contributed by atoms with Crippen LogP contribution in [0.15, 0.2) is 24.3 Å². The molecular weight excluding hydrogens is 228 g/mol. The molecule has 4 heteroatoms. The standard InChI is InChI=1S/C14H20N2O2/c1-2-3-8-15-12-4-6-13(7-5-12)16-9-10-18-11-14(16)17/h4-7,15H,2-3,8-11H2,1H3. The monoisotopic (exact) mass is 248 g/mol. The molecule has 18 heavy (non-hydrogen) atoms. The summed E-state index contributed by atoms with van der Waals surface area (Å²) < 4.78 is 5.12. The average Bonchev–Trinajstić information content (AvgIpc) is 2.41. The van der Waals surface area contributed by atoms with Crippen molar-refractivity contribution in [2.75, 3.05) is 36.5 Å². The molecule has 4 nitrogen and oxygen atoms in total. The van der Waals surface area contributed by atoms with Crippen molar-refractivity contribution in [3.05, 3.63) is 24.3 Å². The van der Waals surface area contributed by atoms with Gasteiger partial charge in [-0.15, -0.1) is 0 Å². The van der Waals surface area contributed by atoms with Gasteiger partial charge in [-0.1, -0.05) is 13.3 Å². The molecule has 0 aromatic heterocycles. The summed E-state index contributed by atoms with van der Waals surface area (Å²) >= 11 is 0. The summed E-state index contributed by atoms with van der Waals surface area (Å²) in [6.07, 6.45) is 2.36. The van der Waals surface area contributed by atoms with E-state index in [1.165, 1.54) is 12.8 Å². The third kappa shape index (κ3) is 3.23. The molecule has 1 aromatic carbocycles. The molecule has 1 saturated heterocycles. The number of hydrogen-bond acceptors (Lipinski definition) is 3. The molecule has 0 unspecified atom stereocenters. The molecule has 0 aliphatic carbocycles. The van der Waals surface area contributed by atoms with Crippen molar-refractivity contribution < 1.29 is 9.53 Å². The van der Waals surface area contributed by atoms with Gasteiger partial charge in [0.15, 0.2) is 0 Å². The second-order valence-electron chi connectivity index (χ2n) is 4.43. The van der Waals surface area contributed by atoms with Gasteiger partial charge < -0.3 is 15.0 Å². The van der Waals surface area contributed by atoms with Gasteiger partial charge in [0.25, 0.3) is 5.91 Å². The maximum atomic E-state index is 11.7. The van der Waals surface area contributed by atoms with E-state index in [1.807, 2.05) is 24.3 Å². The zero-order valence-electron chi connectivity index (χ0n) is 10.8. The lowest BCUT2D eigenvalue weighted by molar-refractivity contribution is -0.125. The normalized spacial score (nSPS) is 15.8. The van der Waals surface area contributed by atoms with Crippen molar-refractivity contribution in [2.24, 2.45) is 0 Å². The van der Waals surface area contributed by atoms with Crippen LogP contribution in [0.2, 0.25) is 0 Å². The first-order valence-electron chi connectivity index (χ1n) is 6.53. The third-order valence-corrected chi connectivity index (χ3v) is 3.02. The first kappa shape index (κ1) is 12.9. The first-order chi connectivity index (χ1) is 8.81. The number of carbonyl (C=O) groups excluding carboxylic acids is 1. The number of unbranched alkanes of at least 4 members (excludes halogenated alkanes) is 1. The number of anilines is 2. The molecule has 1 heterocycles. The maximum Gasteiger partial charge on any atom is 0.253 e. The molecule has 1 N–H and O–H groups in total. The number of hydrogen-bond donors (Lipinski definition) is 1. The van der Waals surface area contributed by atoms with Crippen LogP contribution in [0.5, 0.6) is 0 Å². The van der Waals surface area contributed by atoms with Crippen LogP contribution >= 0.6 is 0 Å². The first-order valence-corrected chi connectivity index (χ1v) is 6.53. The second kappa shape index (κ2) is 6.40. The van der Waals surface area contributed by atoms with Gasteiger partial charge in [0, 0.05) is 24.5 Å². The van der Waals surface area contributed by atoms with E-state index in [9.17, 15) is 4.79 Å². The van der Waals surface area contributed by atoms with Crippen LogP contribution in [0.4, 0.5) is 11.4 Å². The minimum absolute atomic E-state index is 0.0351. The average molecular weight is 248 g/mol. The maximum absolute atomic E-state index is 11.7. The topological polar surface area (TPSA) is 41.6 Å². The van der Waals surface area contributed by atoms with Crippen LogP contribution in [0.1, 0.15) is 19.8 Å². The lowest BCUT2D eigenvalue weighted by atomic mass is 10.2. The van der Waals surface area contributed by atoms with Crippen molar-refractivity contribution in [1.29, 1.82) is 0 Å². The highest BCUT2D eigenvalue weighted by molar-refractivity contribution is 5.94. The highest BCUT2D eigenvalue weighted by atomic mass is 16.5. The molecule has 0 radical (unpaired) electrons. The molecule has 1 fully saturated rings. The van der Waals surface area contributed by atoms with Crippen LogP contribution < -0.4 is 10.2 Å². The Morgan fingerprint density at radius 3 is 2.78 bits per heavy atom. The van der Waals surface area contributed by atoms with E-state index in [0.29, 0.717) is 13.2 Å². The number of nitrogens with zero attached hydrogens (tertiary/aromatic N) is 1. The van der Waals surface area contributed by atoms with E-state index >= 15 is 0 Å². The summed E-state index contributed by atoms with van der Waals surface area (Å²) in [6, 6.07) is 8.01. The van der Waals surface area contributed by atoms with Crippen LogP contribution in [-0.2, 0) is 9.53 Å². The largest absolute Gasteiger partial charge is 0.385 e. The molecule has 0 saturated carbocycles. The zero-order valence-corrected chi connectivity index (χ0v) is 10.8. The highest BCUT2D eigenvalue weighted by Gasteiger charge is 2.19. The van der Waals surface area contributed by atoms with Gasteiger partial charge in [-0.05, 0) is 30.7 Å². The van der Waals surface area contributed by atoms with Gasteiger partial charge in [-0.25, -0.2) is 0 Å². The number of ether oxygens (including phenoxy) is 1. The minimum Gasteiger partial charge on any atom is -0.385 e. The van der Waals surface area contributed by atoms with E-state index in [1.54, 1.807) is 4.90 Å². The zero-order chi connectivity index (χ0) is 12.8. The van der Waals surface area contributed by atoms with Gasteiger partial charge in [0.05, 0.1) is 6.61 Å². The van der Waals surface area contributed by atoms with Crippen molar-refractivity contribution >= 4 is 17.3 Å². The Hall–Kier alpha value is -1.55. The van der Waals surface area contributed by atoms with Gasteiger partial charge >= 0.3 is 0 Å². The van der Waals surface area contributed by atoms with E-state index in [0.717, 1.165) is 17.9 Å². The Morgan fingerprint density at radius 1 is 1.33 bits per heavy atom. The Bertz CT molecular complexity index is 389. The Kier molecular flexibility index (Phi) is 4.59. The Labute approximate surface area is 108 Å². The van der Waals surface area contributed by atoms with Crippen molar-refractivity contribution in [2.45, 2.75) is 19.8 Å². The number of benzene rings is 1. The van der Waals surface area contributed by atoms with Crippen LogP contribution in [-0.4, -0.2) is 32.2 Å².